The molecule has 5 heteroatoms. The van der Waals surface area contributed by atoms with Crippen LogP contribution < -0.4 is 0 Å². The highest BCUT2D eigenvalue weighted by molar-refractivity contribution is 7.25. The molecule has 7 aromatic rings. The molecule has 3 nitrogen and oxygen atoms in total. The Hall–Kier alpha value is -4.12. The zero-order chi connectivity index (χ0) is 24.1. The summed E-state index contributed by atoms with van der Waals surface area (Å²) in [7, 11) is 0. The number of aromatic nitrogens is 3. The molecule has 0 N–H and O–H groups in total. The highest BCUT2D eigenvalue weighted by Gasteiger charge is 2.16. The van der Waals surface area contributed by atoms with Crippen molar-refractivity contribution in [3.05, 3.63) is 114 Å². The Morgan fingerprint density at radius 2 is 1.11 bits per heavy atom. The SMILES string of the molecule is Clc1ccc(-c2nc(-c3ccccc3)nc(-c3ccc4sc5ccccc5c4c3)n2)c2ccccc12. The smallest absolute Gasteiger partial charge is 0.164 e. The summed E-state index contributed by atoms with van der Waals surface area (Å²) >= 11 is 8.31. The minimum absolute atomic E-state index is 0.627. The van der Waals surface area contributed by atoms with E-state index in [2.05, 4.69) is 48.5 Å². The lowest BCUT2D eigenvalue weighted by Gasteiger charge is -2.11. The van der Waals surface area contributed by atoms with Crippen molar-refractivity contribution >= 4 is 53.9 Å². The summed E-state index contributed by atoms with van der Waals surface area (Å²) in [5.41, 5.74) is 2.84. The van der Waals surface area contributed by atoms with Crippen LogP contribution in [0.3, 0.4) is 0 Å². The molecule has 0 unspecified atom stereocenters. The molecule has 0 atom stereocenters. The van der Waals surface area contributed by atoms with Crippen LogP contribution in [0.5, 0.6) is 0 Å². The number of benzene rings is 5. The van der Waals surface area contributed by atoms with Gasteiger partial charge in [0.25, 0.3) is 0 Å². The molecule has 5 aromatic carbocycles. The number of nitrogens with zero attached hydrogens (tertiary/aromatic N) is 3. The van der Waals surface area contributed by atoms with Crippen molar-refractivity contribution in [2.45, 2.75) is 0 Å². The van der Waals surface area contributed by atoms with E-state index >= 15 is 0 Å². The van der Waals surface area contributed by atoms with E-state index in [1.165, 1.54) is 20.2 Å². The third-order valence-electron chi connectivity index (χ3n) is 6.41. The second-order valence-electron chi connectivity index (χ2n) is 8.62. The van der Waals surface area contributed by atoms with Gasteiger partial charge in [-0.05, 0) is 41.8 Å². The summed E-state index contributed by atoms with van der Waals surface area (Å²) in [5, 5.41) is 5.17. The monoisotopic (exact) mass is 499 g/mol. The topological polar surface area (TPSA) is 38.7 Å². The number of rotatable bonds is 3. The maximum Gasteiger partial charge on any atom is 0.164 e. The standard InChI is InChI=1S/C31H18ClN3S/c32-26-16-15-24(21-10-4-5-11-22(21)26)31-34-29(19-8-2-1-3-9-19)33-30(35-31)20-14-17-28-25(18-20)23-12-6-7-13-27(23)36-28/h1-18H. The first kappa shape index (κ1) is 21.2. The molecule has 0 fully saturated rings. The zero-order valence-electron chi connectivity index (χ0n) is 19.0. The summed E-state index contributed by atoms with van der Waals surface area (Å²) in [6, 6.07) is 37.0. The molecule has 0 bridgehead atoms. The fourth-order valence-corrected chi connectivity index (χ4v) is 5.98. The van der Waals surface area contributed by atoms with Gasteiger partial charge in [0.05, 0.1) is 0 Å². The van der Waals surface area contributed by atoms with Gasteiger partial charge in [-0.3, -0.25) is 0 Å². The molecular weight excluding hydrogens is 482 g/mol. The lowest BCUT2D eigenvalue weighted by Crippen LogP contribution is -2.00. The average molecular weight is 500 g/mol. The number of fused-ring (bicyclic) bond motifs is 4. The van der Waals surface area contributed by atoms with Crippen molar-refractivity contribution in [3.8, 4) is 34.2 Å². The normalized spacial score (nSPS) is 11.5. The Morgan fingerprint density at radius 3 is 1.94 bits per heavy atom. The van der Waals surface area contributed by atoms with Crippen molar-refractivity contribution in [2.24, 2.45) is 0 Å². The Morgan fingerprint density at radius 1 is 0.472 bits per heavy atom. The molecule has 170 valence electrons. The largest absolute Gasteiger partial charge is 0.208 e. The first-order chi connectivity index (χ1) is 17.7. The molecule has 7 rings (SSSR count). The van der Waals surface area contributed by atoms with Crippen LogP contribution in [0, 0.1) is 0 Å². The minimum atomic E-state index is 0.627. The van der Waals surface area contributed by atoms with Crippen molar-refractivity contribution in [1.29, 1.82) is 0 Å². The lowest BCUT2D eigenvalue weighted by atomic mass is 10.0. The molecule has 0 saturated carbocycles. The van der Waals surface area contributed by atoms with Crippen LogP contribution in [-0.4, -0.2) is 15.0 Å². The highest BCUT2D eigenvalue weighted by Crippen LogP contribution is 2.37. The van der Waals surface area contributed by atoms with Crippen LogP contribution in [0.15, 0.2) is 109 Å². The lowest BCUT2D eigenvalue weighted by molar-refractivity contribution is 1.08. The Labute approximate surface area is 216 Å². The van der Waals surface area contributed by atoms with Gasteiger partial charge in [-0.15, -0.1) is 11.3 Å². The maximum absolute atomic E-state index is 6.51. The maximum atomic E-state index is 6.51. The summed E-state index contributed by atoms with van der Waals surface area (Å²) in [6.07, 6.45) is 0. The van der Waals surface area contributed by atoms with E-state index in [-0.39, 0.29) is 0 Å². The van der Waals surface area contributed by atoms with E-state index in [9.17, 15) is 0 Å². The predicted octanol–water partition coefficient (Wildman–Crippen LogP) is 9.05. The first-order valence-electron chi connectivity index (χ1n) is 11.7. The minimum Gasteiger partial charge on any atom is -0.208 e. The van der Waals surface area contributed by atoms with Gasteiger partial charge in [-0.25, -0.2) is 15.0 Å². The van der Waals surface area contributed by atoms with E-state index in [4.69, 9.17) is 26.6 Å². The van der Waals surface area contributed by atoms with Crippen LogP contribution in [-0.2, 0) is 0 Å². The van der Waals surface area contributed by atoms with Gasteiger partial charge in [0.1, 0.15) is 0 Å². The summed E-state index contributed by atoms with van der Waals surface area (Å²) in [6.45, 7) is 0. The van der Waals surface area contributed by atoms with Crippen molar-refractivity contribution in [3.63, 3.8) is 0 Å². The van der Waals surface area contributed by atoms with Crippen LogP contribution in [0.2, 0.25) is 5.02 Å². The van der Waals surface area contributed by atoms with Gasteiger partial charge in [-0.2, -0.15) is 0 Å². The zero-order valence-corrected chi connectivity index (χ0v) is 20.6. The van der Waals surface area contributed by atoms with Crippen molar-refractivity contribution in [1.82, 2.24) is 15.0 Å². The van der Waals surface area contributed by atoms with E-state index in [1.54, 1.807) is 11.3 Å². The molecule has 0 radical (unpaired) electrons. The Bertz CT molecular complexity index is 1910. The van der Waals surface area contributed by atoms with Gasteiger partial charge in [0, 0.05) is 47.3 Å². The molecular formula is C31H18ClN3S. The van der Waals surface area contributed by atoms with E-state index in [0.717, 1.165) is 27.5 Å². The molecule has 2 aromatic heterocycles. The molecule has 0 aliphatic rings. The summed E-state index contributed by atoms with van der Waals surface area (Å²) in [5.74, 6) is 1.92. The molecule has 0 aliphatic carbocycles. The molecule has 36 heavy (non-hydrogen) atoms. The fourth-order valence-electron chi connectivity index (χ4n) is 4.66. The predicted molar refractivity (Wildman–Crippen MR) is 152 cm³/mol. The van der Waals surface area contributed by atoms with Crippen LogP contribution in [0.25, 0.3) is 65.1 Å². The molecule has 0 saturated heterocycles. The van der Waals surface area contributed by atoms with Crippen LogP contribution in [0.1, 0.15) is 0 Å². The second-order valence-corrected chi connectivity index (χ2v) is 10.1. The average Bonchev–Trinajstić information content (AvgIpc) is 3.32. The third kappa shape index (κ3) is 3.54. The summed E-state index contributed by atoms with van der Waals surface area (Å²) in [4.78, 5) is 14.8. The first-order valence-corrected chi connectivity index (χ1v) is 12.8. The van der Waals surface area contributed by atoms with Gasteiger partial charge in [-0.1, -0.05) is 84.4 Å². The Kier molecular flexibility index (Phi) is 5.01. The van der Waals surface area contributed by atoms with E-state index in [1.807, 2.05) is 60.7 Å². The van der Waals surface area contributed by atoms with Crippen molar-refractivity contribution in [2.75, 3.05) is 0 Å². The summed E-state index contributed by atoms with van der Waals surface area (Å²) < 4.78 is 2.53. The van der Waals surface area contributed by atoms with Crippen LogP contribution >= 0.6 is 22.9 Å². The number of halogens is 1. The molecule has 0 amide bonds. The van der Waals surface area contributed by atoms with E-state index in [0.29, 0.717) is 22.5 Å². The highest BCUT2D eigenvalue weighted by atomic mass is 35.5. The van der Waals surface area contributed by atoms with Gasteiger partial charge in [0.15, 0.2) is 17.5 Å². The van der Waals surface area contributed by atoms with E-state index < -0.39 is 0 Å². The second kappa shape index (κ2) is 8.52. The van der Waals surface area contributed by atoms with Gasteiger partial charge < -0.3 is 0 Å². The Balaban J connectivity index is 1.49. The number of thiophene rings is 1. The van der Waals surface area contributed by atoms with Gasteiger partial charge in [0.2, 0.25) is 0 Å². The van der Waals surface area contributed by atoms with Crippen molar-refractivity contribution < 1.29 is 0 Å². The quantitative estimate of drug-likeness (QED) is 0.243. The van der Waals surface area contributed by atoms with Gasteiger partial charge >= 0.3 is 0 Å². The number of hydrogen-bond donors (Lipinski definition) is 0. The third-order valence-corrected chi connectivity index (χ3v) is 7.90. The fraction of sp³-hybridized carbons (Fsp3) is 0. The molecule has 0 spiro atoms. The molecule has 0 aliphatic heterocycles. The number of hydrogen-bond acceptors (Lipinski definition) is 4. The van der Waals surface area contributed by atoms with Crippen LogP contribution in [0.4, 0.5) is 0 Å². The molecule has 2 heterocycles.